The van der Waals surface area contributed by atoms with Crippen LogP contribution in [0.4, 0.5) is 10.1 Å². The van der Waals surface area contributed by atoms with Crippen molar-refractivity contribution in [3.05, 3.63) is 65.7 Å². The number of hydrogen-bond donors (Lipinski definition) is 1. The minimum absolute atomic E-state index is 0.0404. The summed E-state index contributed by atoms with van der Waals surface area (Å²) in [6, 6.07) is 13.6. The standard InChI is InChI=1S/C17H14ClFN4OS/c1-11(16(24)21-12-7-8-15(19)14(18)9-12)25-17-20-10-23(22-17)13-5-3-2-4-6-13/h2-11H,1H3,(H,21,24). The number of amides is 1. The molecule has 25 heavy (non-hydrogen) atoms. The Hall–Kier alpha value is -2.38. The zero-order valence-electron chi connectivity index (χ0n) is 13.2. The van der Waals surface area contributed by atoms with Gasteiger partial charge in [0.15, 0.2) is 0 Å². The van der Waals surface area contributed by atoms with E-state index in [9.17, 15) is 9.18 Å². The van der Waals surface area contributed by atoms with Crippen molar-refractivity contribution in [3.8, 4) is 5.69 Å². The Kier molecular flexibility index (Phi) is 5.35. The van der Waals surface area contributed by atoms with Crippen LogP contribution in [0.25, 0.3) is 5.69 Å². The van der Waals surface area contributed by atoms with Gasteiger partial charge < -0.3 is 5.32 Å². The quantitative estimate of drug-likeness (QED) is 0.678. The molecular weight excluding hydrogens is 363 g/mol. The van der Waals surface area contributed by atoms with E-state index in [2.05, 4.69) is 15.4 Å². The first-order valence-corrected chi connectivity index (χ1v) is 8.68. The number of nitrogens with zero attached hydrogens (tertiary/aromatic N) is 3. The maximum Gasteiger partial charge on any atom is 0.237 e. The molecule has 0 bridgehead atoms. The number of rotatable bonds is 5. The van der Waals surface area contributed by atoms with Crippen molar-refractivity contribution in [2.24, 2.45) is 0 Å². The molecule has 0 aliphatic rings. The number of benzene rings is 2. The summed E-state index contributed by atoms with van der Waals surface area (Å²) in [6.07, 6.45) is 1.60. The Balaban J connectivity index is 1.63. The molecule has 0 aliphatic carbocycles. The van der Waals surface area contributed by atoms with Crippen LogP contribution in [0.3, 0.4) is 0 Å². The van der Waals surface area contributed by atoms with Crippen LogP contribution in [0.15, 0.2) is 60.0 Å². The predicted octanol–water partition coefficient (Wildman–Crippen LogP) is 4.18. The fourth-order valence-electron chi connectivity index (χ4n) is 2.04. The molecule has 0 spiro atoms. The molecule has 1 amide bonds. The largest absolute Gasteiger partial charge is 0.325 e. The molecule has 0 aliphatic heterocycles. The first-order valence-electron chi connectivity index (χ1n) is 7.42. The van der Waals surface area contributed by atoms with Gasteiger partial charge in [0.2, 0.25) is 11.1 Å². The van der Waals surface area contributed by atoms with Crippen LogP contribution in [0, 0.1) is 5.82 Å². The fourth-order valence-corrected chi connectivity index (χ4v) is 2.94. The van der Waals surface area contributed by atoms with Gasteiger partial charge in [0.1, 0.15) is 12.1 Å². The average Bonchev–Trinajstić information content (AvgIpc) is 3.07. The summed E-state index contributed by atoms with van der Waals surface area (Å²) in [4.78, 5) is 16.5. The van der Waals surface area contributed by atoms with E-state index < -0.39 is 11.1 Å². The van der Waals surface area contributed by atoms with Gasteiger partial charge in [0.25, 0.3) is 0 Å². The van der Waals surface area contributed by atoms with Gasteiger partial charge in [-0.15, -0.1) is 5.10 Å². The van der Waals surface area contributed by atoms with Crippen LogP contribution in [0.1, 0.15) is 6.92 Å². The number of halogens is 2. The third kappa shape index (κ3) is 4.37. The lowest BCUT2D eigenvalue weighted by atomic mass is 10.3. The monoisotopic (exact) mass is 376 g/mol. The van der Waals surface area contributed by atoms with Crippen LogP contribution >= 0.6 is 23.4 Å². The van der Waals surface area contributed by atoms with Crippen LogP contribution < -0.4 is 5.32 Å². The number of anilines is 1. The van der Waals surface area contributed by atoms with Crippen LogP contribution in [0.2, 0.25) is 5.02 Å². The molecule has 1 heterocycles. The molecule has 8 heteroatoms. The number of nitrogens with one attached hydrogen (secondary N) is 1. The Labute approximate surface area is 153 Å². The van der Waals surface area contributed by atoms with Crippen LogP contribution in [-0.2, 0) is 4.79 Å². The van der Waals surface area contributed by atoms with Gasteiger partial charge in [0.05, 0.1) is 16.0 Å². The predicted molar refractivity (Wildman–Crippen MR) is 96.7 cm³/mol. The van der Waals surface area contributed by atoms with Crippen molar-refractivity contribution in [1.29, 1.82) is 0 Å². The van der Waals surface area contributed by atoms with Gasteiger partial charge in [-0.05, 0) is 37.3 Å². The van der Waals surface area contributed by atoms with E-state index >= 15 is 0 Å². The lowest BCUT2D eigenvalue weighted by Crippen LogP contribution is -2.22. The van der Waals surface area contributed by atoms with Crippen LogP contribution in [-0.4, -0.2) is 25.9 Å². The molecule has 2 aromatic carbocycles. The third-order valence-corrected chi connectivity index (χ3v) is 4.59. The van der Waals surface area contributed by atoms with E-state index in [0.29, 0.717) is 10.8 Å². The number of aromatic nitrogens is 3. The van der Waals surface area contributed by atoms with E-state index in [4.69, 9.17) is 11.6 Å². The molecular formula is C17H14ClFN4OS. The smallest absolute Gasteiger partial charge is 0.237 e. The number of hydrogen-bond acceptors (Lipinski definition) is 4. The average molecular weight is 377 g/mol. The van der Waals surface area contributed by atoms with Crippen LogP contribution in [0.5, 0.6) is 0 Å². The summed E-state index contributed by atoms with van der Waals surface area (Å²) in [5.41, 5.74) is 1.33. The number of para-hydroxylation sites is 1. The molecule has 0 saturated heterocycles. The van der Waals surface area contributed by atoms with E-state index in [1.807, 2.05) is 30.3 Å². The number of carbonyl (C=O) groups excluding carboxylic acids is 1. The van der Waals surface area contributed by atoms with E-state index in [0.717, 1.165) is 5.69 Å². The zero-order chi connectivity index (χ0) is 17.8. The first-order chi connectivity index (χ1) is 12.0. The number of carbonyl (C=O) groups is 1. The molecule has 3 rings (SSSR count). The minimum Gasteiger partial charge on any atom is -0.325 e. The summed E-state index contributed by atoms with van der Waals surface area (Å²) in [7, 11) is 0. The Morgan fingerprint density at radius 3 is 2.76 bits per heavy atom. The SMILES string of the molecule is CC(Sc1ncn(-c2ccccc2)n1)C(=O)Nc1ccc(F)c(Cl)c1. The normalized spacial score (nSPS) is 12.0. The second-order valence-electron chi connectivity index (χ2n) is 5.19. The van der Waals surface area contributed by atoms with Gasteiger partial charge in [-0.25, -0.2) is 14.1 Å². The summed E-state index contributed by atoms with van der Waals surface area (Å²) >= 11 is 6.94. The highest BCUT2D eigenvalue weighted by Gasteiger charge is 2.17. The Bertz CT molecular complexity index is 887. The van der Waals surface area contributed by atoms with E-state index in [1.165, 1.54) is 30.0 Å². The van der Waals surface area contributed by atoms with Gasteiger partial charge in [-0.2, -0.15) is 0 Å². The van der Waals surface area contributed by atoms with Crippen molar-refractivity contribution >= 4 is 35.0 Å². The maximum absolute atomic E-state index is 13.2. The van der Waals surface area contributed by atoms with Gasteiger partial charge in [-0.3, -0.25) is 4.79 Å². The van der Waals surface area contributed by atoms with Crippen molar-refractivity contribution in [3.63, 3.8) is 0 Å². The molecule has 0 fully saturated rings. The number of thioether (sulfide) groups is 1. The minimum atomic E-state index is -0.530. The Morgan fingerprint density at radius 2 is 2.04 bits per heavy atom. The fraction of sp³-hybridized carbons (Fsp3) is 0.118. The molecule has 1 aromatic heterocycles. The molecule has 128 valence electrons. The third-order valence-electron chi connectivity index (χ3n) is 3.33. The lowest BCUT2D eigenvalue weighted by Gasteiger charge is -2.10. The van der Waals surface area contributed by atoms with Crippen molar-refractivity contribution in [2.45, 2.75) is 17.3 Å². The lowest BCUT2D eigenvalue weighted by molar-refractivity contribution is -0.115. The highest BCUT2D eigenvalue weighted by Crippen LogP contribution is 2.23. The second-order valence-corrected chi connectivity index (χ2v) is 6.90. The van der Waals surface area contributed by atoms with E-state index in [-0.39, 0.29) is 10.9 Å². The molecule has 1 atom stereocenters. The molecule has 5 nitrogen and oxygen atoms in total. The second kappa shape index (κ2) is 7.67. The maximum atomic E-state index is 13.2. The molecule has 1 N–H and O–H groups in total. The highest BCUT2D eigenvalue weighted by molar-refractivity contribution is 8.00. The topological polar surface area (TPSA) is 59.8 Å². The summed E-state index contributed by atoms with van der Waals surface area (Å²) in [6.45, 7) is 1.74. The molecule has 0 saturated carbocycles. The molecule has 1 unspecified atom stereocenters. The zero-order valence-corrected chi connectivity index (χ0v) is 14.8. The molecule has 3 aromatic rings. The summed E-state index contributed by atoms with van der Waals surface area (Å²) in [5, 5.41) is 7.06. The Morgan fingerprint density at radius 1 is 1.28 bits per heavy atom. The first kappa shape index (κ1) is 17.4. The van der Waals surface area contributed by atoms with Crippen molar-refractivity contribution < 1.29 is 9.18 Å². The summed E-state index contributed by atoms with van der Waals surface area (Å²) in [5.74, 6) is -0.776. The highest BCUT2D eigenvalue weighted by atomic mass is 35.5. The molecule has 0 radical (unpaired) electrons. The van der Waals surface area contributed by atoms with Crippen molar-refractivity contribution in [2.75, 3.05) is 5.32 Å². The van der Waals surface area contributed by atoms with E-state index in [1.54, 1.807) is 17.9 Å². The van der Waals surface area contributed by atoms with Gasteiger partial charge >= 0.3 is 0 Å². The van der Waals surface area contributed by atoms with Gasteiger partial charge in [-0.1, -0.05) is 41.6 Å². The van der Waals surface area contributed by atoms with Crippen molar-refractivity contribution in [1.82, 2.24) is 14.8 Å². The summed E-state index contributed by atoms with van der Waals surface area (Å²) < 4.78 is 14.8. The van der Waals surface area contributed by atoms with Gasteiger partial charge in [0, 0.05) is 5.69 Å².